The van der Waals surface area contributed by atoms with Crippen LogP contribution in [-0.4, -0.2) is 50.7 Å². The number of benzene rings is 2. The van der Waals surface area contributed by atoms with Crippen LogP contribution in [0.1, 0.15) is 12.8 Å². The SMILES string of the molecule is O=C(CN1c2cccc3cccc(c23)S1(=O)=O)NC1(C(=O)O)CCOCC1. The molecule has 2 aliphatic heterocycles. The number of carboxylic acid groups (broad SMARTS) is 1. The molecule has 9 heteroatoms. The average Bonchev–Trinajstić information content (AvgIpc) is 2.86. The van der Waals surface area contributed by atoms with Crippen molar-refractivity contribution in [2.45, 2.75) is 23.3 Å². The number of hydrogen-bond donors (Lipinski definition) is 2. The van der Waals surface area contributed by atoms with E-state index in [-0.39, 0.29) is 31.0 Å². The van der Waals surface area contributed by atoms with Crippen LogP contribution in [0, 0.1) is 0 Å². The van der Waals surface area contributed by atoms with Crippen LogP contribution in [0.4, 0.5) is 5.69 Å². The molecule has 142 valence electrons. The molecule has 2 heterocycles. The van der Waals surface area contributed by atoms with Crippen molar-refractivity contribution in [1.29, 1.82) is 0 Å². The minimum Gasteiger partial charge on any atom is -0.480 e. The lowest BCUT2D eigenvalue weighted by atomic mass is 9.90. The highest BCUT2D eigenvalue weighted by Gasteiger charge is 2.43. The molecule has 4 rings (SSSR count). The van der Waals surface area contributed by atoms with E-state index < -0.39 is 34.0 Å². The van der Waals surface area contributed by atoms with E-state index in [9.17, 15) is 23.1 Å². The fourth-order valence-corrected chi connectivity index (χ4v) is 5.34. The summed E-state index contributed by atoms with van der Waals surface area (Å²) in [4.78, 5) is 24.5. The Kier molecular flexibility index (Phi) is 4.08. The lowest BCUT2D eigenvalue weighted by molar-refractivity contribution is -0.151. The van der Waals surface area contributed by atoms with Crippen LogP contribution >= 0.6 is 0 Å². The summed E-state index contributed by atoms with van der Waals surface area (Å²) in [6.45, 7) is -0.0370. The van der Waals surface area contributed by atoms with Crippen LogP contribution in [0.2, 0.25) is 0 Å². The van der Waals surface area contributed by atoms with E-state index in [1.807, 2.05) is 12.1 Å². The molecule has 0 bridgehead atoms. The maximum absolute atomic E-state index is 12.9. The number of aliphatic carboxylic acids is 1. The zero-order valence-corrected chi connectivity index (χ0v) is 15.2. The van der Waals surface area contributed by atoms with Crippen LogP contribution < -0.4 is 9.62 Å². The highest BCUT2D eigenvalue weighted by Crippen LogP contribution is 2.41. The monoisotopic (exact) mass is 390 g/mol. The number of hydrogen-bond acceptors (Lipinski definition) is 5. The summed E-state index contributed by atoms with van der Waals surface area (Å²) in [7, 11) is -3.87. The molecule has 1 fully saturated rings. The minimum atomic E-state index is -3.87. The van der Waals surface area contributed by atoms with E-state index in [1.165, 1.54) is 6.07 Å². The summed E-state index contributed by atoms with van der Waals surface area (Å²) in [6.07, 6.45) is 0.271. The van der Waals surface area contributed by atoms with Gasteiger partial charge in [0.2, 0.25) is 5.91 Å². The van der Waals surface area contributed by atoms with Gasteiger partial charge in [-0.05, 0) is 17.5 Å². The molecule has 0 radical (unpaired) electrons. The third-order valence-electron chi connectivity index (χ3n) is 5.10. The van der Waals surface area contributed by atoms with E-state index >= 15 is 0 Å². The Bertz CT molecular complexity index is 1040. The first-order valence-corrected chi connectivity index (χ1v) is 9.96. The molecule has 0 atom stereocenters. The second-order valence-corrected chi connectivity index (χ2v) is 8.52. The summed E-state index contributed by atoms with van der Waals surface area (Å²) in [5, 5.41) is 13.4. The molecular formula is C18H18N2O6S. The van der Waals surface area contributed by atoms with Crippen molar-refractivity contribution in [2.75, 3.05) is 24.1 Å². The first kappa shape index (κ1) is 17.7. The zero-order valence-electron chi connectivity index (χ0n) is 14.3. The van der Waals surface area contributed by atoms with Crippen molar-refractivity contribution in [1.82, 2.24) is 5.32 Å². The van der Waals surface area contributed by atoms with Crippen molar-refractivity contribution in [3.8, 4) is 0 Å². The van der Waals surface area contributed by atoms with Gasteiger partial charge in [-0.3, -0.25) is 9.10 Å². The van der Waals surface area contributed by atoms with Gasteiger partial charge in [0, 0.05) is 31.4 Å². The Labute approximate surface area is 155 Å². The standard InChI is InChI=1S/C18H18N2O6S/c21-15(19-18(17(22)23)7-9-26-10-8-18)11-20-13-5-1-3-12-4-2-6-14(16(12)13)27(20,24)25/h1-6H,7-11H2,(H,19,21)(H,22,23). The molecule has 2 aromatic carbocycles. The van der Waals surface area contributed by atoms with E-state index in [1.54, 1.807) is 18.2 Å². The molecule has 1 saturated heterocycles. The molecule has 0 unspecified atom stereocenters. The van der Waals surface area contributed by atoms with E-state index in [0.29, 0.717) is 11.1 Å². The lowest BCUT2D eigenvalue weighted by Crippen LogP contribution is -2.59. The number of carbonyl (C=O) groups is 2. The van der Waals surface area contributed by atoms with Gasteiger partial charge in [-0.25, -0.2) is 13.2 Å². The number of ether oxygens (including phenoxy) is 1. The van der Waals surface area contributed by atoms with Crippen molar-refractivity contribution >= 4 is 38.4 Å². The molecular weight excluding hydrogens is 372 g/mol. The van der Waals surface area contributed by atoms with Crippen LogP contribution in [0.25, 0.3) is 10.8 Å². The number of carboxylic acids is 1. The second kappa shape index (κ2) is 6.21. The number of nitrogens with one attached hydrogen (secondary N) is 1. The summed E-state index contributed by atoms with van der Waals surface area (Å²) in [5.41, 5.74) is -1.01. The summed E-state index contributed by atoms with van der Waals surface area (Å²) in [6, 6.07) is 10.2. The third kappa shape index (κ3) is 2.74. The Morgan fingerprint density at radius 3 is 2.48 bits per heavy atom. The topological polar surface area (TPSA) is 113 Å². The van der Waals surface area contributed by atoms with Gasteiger partial charge in [-0.2, -0.15) is 0 Å². The number of sulfonamides is 1. The molecule has 0 spiro atoms. The first-order chi connectivity index (χ1) is 12.8. The fraction of sp³-hybridized carbons (Fsp3) is 0.333. The smallest absolute Gasteiger partial charge is 0.329 e. The molecule has 1 amide bonds. The molecule has 27 heavy (non-hydrogen) atoms. The van der Waals surface area contributed by atoms with Crippen molar-refractivity contribution in [3.05, 3.63) is 36.4 Å². The average molecular weight is 390 g/mol. The Morgan fingerprint density at radius 1 is 1.15 bits per heavy atom. The summed E-state index contributed by atoms with van der Waals surface area (Å²) >= 11 is 0. The van der Waals surface area contributed by atoms with E-state index in [0.717, 1.165) is 9.69 Å². The van der Waals surface area contributed by atoms with Crippen LogP contribution in [-0.2, 0) is 24.3 Å². The largest absolute Gasteiger partial charge is 0.480 e. The maximum atomic E-state index is 12.9. The van der Waals surface area contributed by atoms with Gasteiger partial charge in [-0.15, -0.1) is 0 Å². The fourth-order valence-electron chi connectivity index (χ4n) is 3.68. The summed E-state index contributed by atoms with van der Waals surface area (Å²) < 4.78 is 32.1. The van der Waals surface area contributed by atoms with E-state index in [4.69, 9.17) is 4.74 Å². The van der Waals surface area contributed by atoms with Gasteiger partial charge in [0.25, 0.3) is 10.0 Å². The Hall–Kier alpha value is -2.65. The van der Waals surface area contributed by atoms with Gasteiger partial charge in [0.1, 0.15) is 12.1 Å². The molecule has 0 aliphatic carbocycles. The Morgan fingerprint density at radius 2 is 1.81 bits per heavy atom. The molecule has 0 saturated carbocycles. The molecule has 2 aromatic rings. The van der Waals surface area contributed by atoms with Crippen LogP contribution in [0.15, 0.2) is 41.3 Å². The Balaban J connectivity index is 1.64. The van der Waals surface area contributed by atoms with Gasteiger partial charge < -0.3 is 15.2 Å². The van der Waals surface area contributed by atoms with Gasteiger partial charge in [0.15, 0.2) is 0 Å². The highest BCUT2D eigenvalue weighted by atomic mass is 32.2. The van der Waals surface area contributed by atoms with Gasteiger partial charge >= 0.3 is 5.97 Å². The van der Waals surface area contributed by atoms with Crippen molar-refractivity contribution < 1.29 is 27.9 Å². The predicted octanol–water partition coefficient (Wildman–Crippen LogP) is 1.10. The molecule has 2 N–H and O–H groups in total. The highest BCUT2D eigenvalue weighted by molar-refractivity contribution is 7.93. The molecule has 2 aliphatic rings. The molecule has 8 nitrogen and oxygen atoms in total. The predicted molar refractivity (Wildman–Crippen MR) is 97.0 cm³/mol. The quantitative estimate of drug-likeness (QED) is 0.808. The number of carbonyl (C=O) groups excluding carboxylic acids is 1. The number of amides is 1. The number of nitrogens with zero attached hydrogens (tertiary/aromatic N) is 1. The summed E-state index contributed by atoms with van der Waals surface area (Å²) in [5.74, 6) is -1.80. The normalized spacial score (nSPS) is 19.8. The number of rotatable bonds is 4. The molecule has 0 aromatic heterocycles. The van der Waals surface area contributed by atoms with Crippen LogP contribution in [0.3, 0.4) is 0 Å². The van der Waals surface area contributed by atoms with Gasteiger partial charge in [0.05, 0.1) is 10.6 Å². The second-order valence-electron chi connectivity index (χ2n) is 6.69. The maximum Gasteiger partial charge on any atom is 0.329 e. The minimum absolute atomic E-state index is 0.136. The van der Waals surface area contributed by atoms with E-state index in [2.05, 4.69) is 5.32 Å². The number of anilines is 1. The third-order valence-corrected chi connectivity index (χ3v) is 6.90. The lowest BCUT2D eigenvalue weighted by Gasteiger charge is -2.34. The van der Waals surface area contributed by atoms with Gasteiger partial charge in [-0.1, -0.05) is 24.3 Å². The van der Waals surface area contributed by atoms with Crippen molar-refractivity contribution in [2.24, 2.45) is 0 Å². The van der Waals surface area contributed by atoms with Crippen molar-refractivity contribution in [3.63, 3.8) is 0 Å². The zero-order chi connectivity index (χ0) is 19.2. The van der Waals surface area contributed by atoms with Crippen LogP contribution in [0.5, 0.6) is 0 Å². The first-order valence-electron chi connectivity index (χ1n) is 8.52.